The maximum atomic E-state index is 13.4. The van der Waals surface area contributed by atoms with Gasteiger partial charge in [-0.3, -0.25) is 18.6 Å². The number of hydrogen-bond acceptors (Lipinski definition) is 5. The first-order valence-corrected chi connectivity index (χ1v) is 12.0. The van der Waals surface area contributed by atoms with E-state index < -0.39 is 0 Å². The molecule has 0 aliphatic carbocycles. The van der Waals surface area contributed by atoms with Gasteiger partial charge in [-0.15, -0.1) is 10.2 Å². The molecule has 0 N–H and O–H groups in total. The zero-order valence-corrected chi connectivity index (χ0v) is 20.0. The molecular formula is C27H24N4O2S. The molecule has 0 saturated carbocycles. The van der Waals surface area contributed by atoms with Crippen LogP contribution in [-0.4, -0.2) is 30.2 Å². The molecule has 5 rings (SSSR count). The fraction of sp³-hybridized carbons (Fsp3) is 0.185. The van der Waals surface area contributed by atoms with Crippen molar-refractivity contribution in [3.8, 4) is 0 Å². The maximum Gasteiger partial charge on any atom is 0.263 e. The van der Waals surface area contributed by atoms with Crippen LogP contribution in [0.1, 0.15) is 34.0 Å². The smallest absolute Gasteiger partial charge is 0.263 e. The number of carbonyl (C=O) groups excluding carboxylic acids is 1. The van der Waals surface area contributed by atoms with E-state index in [0.29, 0.717) is 22.9 Å². The quantitative estimate of drug-likeness (QED) is 0.257. The highest BCUT2D eigenvalue weighted by Gasteiger charge is 2.23. The molecule has 6 nitrogen and oxygen atoms in total. The number of rotatable bonds is 6. The largest absolute Gasteiger partial charge is 0.293 e. The lowest BCUT2D eigenvalue weighted by Gasteiger charge is -2.14. The van der Waals surface area contributed by atoms with Crippen LogP contribution < -0.4 is 5.56 Å². The van der Waals surface area contributed by atoms with Gasteiger partial charge in [0.1, 0.15) is 0 Å². The Balaban J connectivity index is 1.61. The van der Waals surface area contributed by atoms with Gasteiger partial charge in [-0.2, -0.15) is 0 Å². The molecule has 0 aliphatic heterocycles. The van der Waals surface area contributed by atoms with E-state index in [1.54, 1.807) is 4.57 Å². The predicted molar refractivity (Wildman–Crippen MR) is 136 cm³/mol. The molecule has 0 spiro atoms. The van der Waals surface area contributed by atoms with Crippen molar-refractivity contribution in [1.29, 1.82) is 0 Å². The van der Waals surface area contributed by atoms with Crippen LogP contribution in [0.4, 0.5) is 0 Å². The summed E-state index contributed by atoms with van der Waals surface area (Å²) in [5, 5.41) is 9.59. The summed E-state index contributed by atoms with van der Waals surface area (Å²) in [7, 11) is 0. The van der Waals surface area contributed by atoms with E-state index in [9.17, 15) is 9.59 Å². The molecule has 2 heterocycles. The number of nitrogens with zero attached hydrogens (tertiary/aromatic N) is 4. The second-order valence-corrected chi connectivity index (χ2v) is 9.76. The third-order valence-corrected chi connectivity index (χ3v) is 7.01. The molecule has 5 aromatic rings. The Kier molecular flexibility index (Phi) is 5.79. The lowest BCUT2D eigenvalue weighted by molar-refractivity contribution is 0.0993. The van der Waals surface area contributed by atoms with Crippen molar-refractivity contribution in [2.24, 2.45) is 0 Å². The molecule has 0 fully saturated rings. The molecule has 0 bridgehead atoms. The molecule has 0 radical (unpaired) electrons. The Morgan fingerprint density at radius 2 is 1.71 bits per heavy atom. The molecule has 0 aliphatic rings. The average molecular weight is 469 g/mol. The van der Waals surface area contributed by atoms with Crippen molar-refractivity contribution in [3.05, 3.63) is 105 Å². The van der Waals surface area contributed by atoms with Crippen molar-refractivity contribution in [3.63, 3.8) is 0 Å². The van der Waals surface area contributed by atoms with Crippen LogP contribution in [-0.2, 0) is 6.54 Å². The Labute approximate surface area is 201 Å². The summed E-state index contributed by atoms with van der Waals surface area (Å²) >= 11 is 1.36. The number of para-hydroxylation sites is 1. The second-order valence-electron chi connectivity index (χ2n) is 8.45. The van der Waals surface area contributed by atoms with Crippen LogP contribution in [0.5, 0.6) is 0 Å². The lowest BCUT2D eigenvalue weighted by Crippen LogP contribution is -2.24. The molecule has 3 aromatic carbocycles. The van der Waals surface area contributed by atoms with Crippen LogP contribution in [0.2, 0.25) is 0 Å². The molecule has 34 heavy (non-hydrogen) atoms. The van der Waals surface area contributed by atoms with E-state index >= 15 is 0 Å². The van der Waals surface area contributed by atoms with E-state index in [-0.39, 0.29) is 16.6 Å². The second kappa shape index (κ2) is 8.91. The molecule has 0 saturated heterocycles. The number of aryl methyl sites for hydroxylation is 2. The molecule has 0 amide bonds. The summed E-state index contributed by atoms with van der Waals surface area (Å²) in [6.45, 7) is 6.20. The third-order valence-electron chi connectivity index (χ3n) is 5.97. The number of carbonyl (C=O) groups is 1. The number of hydrogen-bond donors (Lipinski definition) is 0. The number of aromatic nitrogens is 4. The van der Waals surface area contributed by atoms with E-state index in [2.05, 4.69) is 10.2 Å². The van der Waals surface area contributed by atoms with E-state index in [0.717, 1.165) is 27.8 Å². The molecule has 7 heteroatoms. The molecule has 1 unspecified atom stereocenters. The summed E-state index contributed by atoms with van der Waals surface area (Å²) in [4.78, 5) is 26.6. The van der Waals surface area contributed by atoms with Crippen molar-refractivity contribution in [2.45, 2.75) is 37.7 Å². The van der Waals surface area contributed by atoms with Gasteiger partial charge in [0.15, 0.2) is 10.9 Å². The Hall–Kier alpha value is -3.71. The minimum absolute atomic E-state index is 0.0462. The first kappa shape index (κ1) is 22.1. The summed E-state index contributed by atoms with van der Waals surface area (Å²) in [5.41, 5.74) is 4.34. The van der Waals surface area contributed by atoms with Crippen LogP contribution in [0, 0.1) is 13.8 Å². The van der Waals surface area contributed by atoms with Gasteiger partial charge in [0.05, 0.1) is 22.7 Å². The molecule has 170 valence electrons. The Morgan fingerprint density at radius 1 is 0.971 bits per heavy atom. The zero-order chi connectivity index (χ0) is 23.8. The van der Waals surface area contributed by atoms with Gasteiger partial charge in [-0.05, 0) is 50.1 Å². The number of thioether (sulfide) groups is 1. The topological polar surface area (TPSA) is 69.3 Å². The summed E-state index contributed by atoms with van der Waals surface area (Å²) in [5.74, 6) is 0.506. The first-order chi connectivity index (χ1) is 16.4. The number of Topliss-reactive ketones (excluding diaryl/α,β-unsaturated/α-hetero) is 1. The predicted octanol–water partition coefficient (Wildman–Crippen LogP) is 5.07. The van der Waals surface area contributed by atoms with E-state index in [1.165, 1.54) is 11.8 Å². The van der Waals surface area contributed by atoms with Gasteiger partial charge in [-0.1, -0.05) is 71.9 Å². The first-order valence-electron chi connectivity index (χ1n) is 11.1. The number of benzene rings is 3. The van der Waals surface area contributed by atoms with Crippen LogP contribution in [0.3, 0.4) is 0 Å². The van der Waals surface area contributed by atoms with Gasteiger partial charge in [0, 0.05) is 5.56 Å². The fourth-order valence-corrected chi connectivity index (χ4v) is 5.07. The van der Waals surface area contributed by atoms with Gasteiger partial charge >= 0.3 is 0 Å². The highest BCUT2D eigenvalue weighted by Crippen LogP contribution is 2.28. The van der Waals surface area contributed by atoms with Crippen LogP contribution in [0.15, 0.2) is 82.7 Å². The average Bonchev–Trinajstić information content (AvgIpc) is 3.27. The van der Waals surface area contributed by atoms with E-state index in [4.69, 9.17) is 0 Å². The van der Waals surface area contributed by atoms with Gasteiger partial charge in [-0.25, -0.2) is 0 Å². The Morgan fingerprint density at radius 3 is 2.50 bits per heavy atom. The van der Waals surface area contributed by atoms with Crippen molar-refractivity contribution < 1.29 is 4.79 Å². The van der Waals surface area contributed by atoms with Crippen LogP contribution >= 0.6 is 11.8 Å². The number of ketones is 1. The van der Waals surface area contributed by atoms with Gasteiger partial charge < -0.3 is 0 Å². The Bertz CT molecular complexity index is 1590. The third kappa shape index (κ3) is 3.92. The minimum Gasteiger partial charge on any atom is -0.293 e. The summed E-state index contributed by atoms with van der Waals surface area (Å²) in [6, 6.07) is 23.2. The number of fused-ring (bicyclic) bond motifs is 3. The lowest BCUT2D eigenvalue weighted by atomic mass is 10.0. The highest BCUT2D eigenvalue weighted by atomic mass is 32.2. The summed E-state index contributed by atoms with van der Waals surface area (Å²) in [6.07, 6.45) is 0. The SMILES string of the molecule is Cc1ccc(C)c(C(=O)C(C)Sc2nnc3n(Cc4ccccc4)c(=O)c4ccccc4n23)c1. The van der Waals surface area contributed by atoms with Crippen molar-refractivity contribution in [1.82, 2.24) is 19.2 Å². The van der Waals surface area contributed by atoms with E-state index in [1.807, 2.05) is 98.0 Å². The molecular weight excluding hydrogens is 444 g/mol. The fourth-order valence-electron chi connectivity index (χ4n) is 4.15. The summed E-state index contributed by atoms with van der Waals surface area (Å²) < 4.78 is 3.53. The zero-order valence-electron chi connectivity index (χ0n) is 19.2. The maximum absolute atomic E-state index is 13.4. The molecule has 1 atom stereocenters. The van der Waals surface area contributed by atoms with Gasteiger partial charge in [0.2, 0.25) is 5.78 Å². The van der Waals surface area contributed by atoms with Crippen molar-refractivity contribution in [2.75, 3.05) is 0 Å². The van der Waals surface area contributed by atoms with Crippen molar-refractivity contribution >= 4 is 34.2 Å². The van der Waals surface area contributed by atoms with Crippen LogP contribution in [0.25, 0.3) is 16.7 Å². The normalized spacial score (nSPS) is 12.3. The monoisotopic (exact) mass is 468 g/mol. The molecule has 2 aromatic heterocycles. The highest BCUT2D eigenvalue weighted by molar-refractivity contribution is 8.00. The van der Waals surface area contributed by atoms with Gasteiger partial charge in [0.25, 0.3) is 5.56 Å². The minimum atomic E-state index is -0.374. The standard InChI is InChI=1S/C27H24N4O2S/c1-17-13-14-18(2)22(15-17)24(32)19(3)34-27-29-28-26-30(16-20-9-5-4-6-10-20)25(33)21-11-7-8-12-23(21)31(26)27/h4-15,19H,16H2,1-3H3.